The van der Waals surface area contributed by atoms with Crippen molar-refractivity contribution in [3.63, 3.8) is 0 Å². The molecule has 190 valence electrons. The predicted molar refractivity (Wildman–Crippen MR) is 163 cm³/mol. The van der Waals surface area contributed by atoms with Crippen molar-refractivity contribution >= 4 is 21.7 Å². The second-order valence-corrected chi connectivity index (χ2v) is 10.9. The Morgan fingerprint density at radius 2 is 1.23 bits per heavy atom. The monoisotopic (exact) mass is 514 g/mol. The summed E-state index contributed by atoms with van der Waals surface area (Å²) in [6.45, 7) is 4.71. The molecule has 0 N–H and O–H groups in total. The average molecular weight is 515 g/mol. The SMILES string of the molecule is CC1(C)c2ccc3ccccc3c2-c2c1c1ccccc1n2-c1cc(-c2ccccn2)nc(-c2ccccn2)c1. The third-order valence-corrected chi connectivity index (χ3v) is 8.26. The van der Waals surface area contributed by atoms with E-state index in [9.17, 15) is 0 Å². The van der Waals surface area contributed by atoms with Crippen LogP contribution in [0, 0.1) is 0 Å². The Bertz CT molecular complexity index is 2010. The molecular formula is C36H26N4. The third-order valence-electron chi connectivity index (χ3n) is 8.26. The highest BCUT2D eigenvalue weighted by molar-refractivity contribution is 6.08. The van der Waals surface area contributed by atoms with Crippen molar-refractivity contribution in [2.75, 3.05) is 0 Å². The molecule has 40 heavy (non-hydrogen) atoms. The van der Waals surface area contributed by atoms with E-state index in [2.05, 4.69) is 101 Å². The Kier molecular flexibility index (Phi) is 4.83. The lowest BCUT2D eigenvalue weighted by Crippen LogP contribution is -2.14. The molecule has 3 aromatic carbocycles. The van der Waals surface area contributed by atoms with Gasteiger partial charge in [0, 0.05) is 28.8 Å². The molecule has 0 fully saturated rings. The summed E-state index contributed by atoms with van der Waals surface area (Å²) in [4.78, 5) is 14.3. The summed E-state index contributed by atoms with van der Waals surface area (Å²) in [6.07, 6.45) is 3.63. The van der Waals surface area contributed by atoms with E-state index in [0.29, 0.717) is 0 Å². The fourth-order valence-electron chi connectivity index (χ4n) is 6.50. The molecule has 4 aromatic heterocycles. The maximum absolute atomic E-state index is 5.04. The van der Waals surface area contributed by atoms with Gasteiger partial charge in [0.05, 0.1) is 39.7 Å². The van der Waals surface area contributed by atoms with Gasteiger partial charge in [0.2, 0.25) is 0 Å². The summed E-state index contributed by atoms with van der Waals surface area (Å²) in [6, 6.07) is 38.3. The first-order valence-corrected chi connectivity index (χ1v) is 13.6. The van der Waals surface area contributed by atoms with Gasteiger partial charge in [-0.2, -0.15) is 0 Å². The Balaban J connectivity index is 1.52. The molecule has 0 radical (unpaired) electrons. The van der Waals surface area contributed by atoms with Crippen LogP contribution < -0.4 is 0 Å². The van der Waals surface area contributed by atoms with Gasteiger partial charge in [-0.15, -0.1) is 0 Å². The van der Waals surface area contributed by atoms with E-state index in [1.807, 2.05) is 48.8 Å². The summed E-state index contributed by atoms with van der Waals surface area (Å²) in [5, 5.41) is 3.80. The number of benzene rings is 3. The van der Waals surface area contributed by atoms with E-state index < -0.39 is 0 Å². The number of pyridine rings is 3. The molecule has 4 nitrogen and oxygen atoms in total. The van der Waals surface area contributed by atoms with Gasteiger partial charge in [-0.1, -0.05) is 80.6 Å². The Morgan fingerprint density at radius 3 is 1.90 bits per heavy atom. The van der Waals surface area contributed by atoms with E-state index in [0.717, 1.165) is 28.5 Å². The van der Waals surface area contributed by atoms with Crippen molar-refractivity contribution in [2.24, 2.45) is 0 Å². The van der Waals surface area contributed by atoms with E-state index in [1.54, 1.807) is 0 Å². The largest absolute Gasteiger partial charge is 0.309 e. The van der Waals surface area contributed by atoms with Crippen LogP contribution in [0.2, 0.25) is 0 Å². The first-order chi connectivity index (χ1) is 19.6. The van der Waals surface area contributed by atoms with Crippen LogP contribution in [0.4, 0.5) is 0 Å². The van der Waals surface area contributed by atoms with Crippen molar-refractivity contribution in [1.29, 1.82) is 0 Å². The molecule has 0 unspecified atom stereocenters. The second-order valence-electron chi connectivity index (χ2n) is 10.9. The van der Waals surface area contributed by atoms with Crippen LogP contribution in [0.3, 0.4) is 0 Å². The molecule has 0 amide bonds. The fourth-order valence-corrected chi connectivity index (χ4v) is 6.50. The van der Waals surface area contributed by atoms with Crippen LogP contribution >= 0.6 is 0 Å². The van der Waals surface area contributed by atoms with E-state index in [4.69, 9.17) is 4.98 Å². The summed E-state index contributed by atoms with van der Waals surface area (Å²) < 4.78 is 2.44. The zero-order valence-corrected chi connectivity index (χ0v) is 22.3. The normalized spacial score (nSPS) is 13.4. The van der Waals surface area contributed by atoms with Crippen molar-refractivity contribution in [3.05, 3.63) is 133 Å². The number of nitrogens with zero attached hydrogens (tertiary/aromatic N) is 4. The minimum atomic E-state index is -0.153. The highest BCUT2D eigenvalue weighted by Gasteiger charge is 2.41. The summed E-state index contributed by atoms with van der Waals surface area (Å²) in [7, 11) is 0. The fraction of sp³-hybridized carbons (Fsp3) is 0.0833. The molecule has 0 aliphatic heterocycles. The zero-order valence-electron chi connectivity index (χ0n) is 22.3. The number of hydrogen-bond donors (Lipinski definition) is 0. The predicted octanol–water partition coefficient (Wildman–Crippen LogP) is 8.61. The molecule has 1 aliphatic carbocycles. The first-order valence-electron chi connectivity index (χ1n) is 13.6. The Morgan fingerprint density at radius 1 is 0.600 bits per heavy atom. The quantitative estimate of drug-likeness (QED) is 0.237. The molecule has 0 saturated carbocycles. The summed E-state index contributed by atoms with van der Waals surface area (Å²) >= 11 is 0. The molecule has 0 saturated heterocycles. The molecule has 0 atom stereocenters. The van der Waals surface area contributed by atoms with E-state index in [-0.39, 0.29) is 5.41 Å². The number of fused-ring (bicyclic) bond motifs is 7. The average Bonchev–Trinajstić information content (AvgIpc) is 3.48. The van der Waals surface area contributed by atoms with Gasteiger partial charge in [0.25, 0.3) is 0 Å². The van der Waals surface area contributed by atoms with Gasteiger partial charge in [0.1, 0.15) is 0 Å². The molecule has 7 aromatic rings. The molecule has 8 rings (SSSR count). The molecule has 4 heterocycles. The molecule has 0 bridgehead atoms. The third kappa shape index (κ3) is 3.23. The lowest BCUT2D eigenvalue weighted by molar-refractivity contribution is 0.667. The second kappa shape index (κ2) is 8.45. The number of rotatable bonds is 3. The van der Waals surface area contributed by atoms with E-state index in [1.165, 1.54) is 44.1 Å². The minimum absolute atomic E-state index is 0.153. The van der Waals surface area contributed by atoms with Crippen molar-refractivity contribution in [3.8, 4) is 39.7 Å². The van der Waals surface area contributed by atoms with Gasteiger partial charge in [-0.25, -0.2) is 4.98 Å². The van der Waals surface area contributed by atoms with Gasteiger partial charge >= 0.3 is 0 Å². The van der Waals surface area contributed by atoms with Gasteiger partial charge in [0.15, 0.2) is 0 Å². The highest BCUT2D eigenvalue weighted by Crippen LogP contribution is 2.55. The first kappa shape index (κ1) is 22.9. The topological polar surface area (TPSA) is 43.6 Å². The standard InChI is InChI=1S/C36H26N4/c1-36(2)27-18-17-23-11-3-4-12-25(23)33(27)35-34(36)26-13-5-6-16-32(26)40(35)24-21-30(28-14-7-9-19-37-28)39-31(22-24)29-15-8-10-20-38-29/h3-22H,1-2H3. The van der Waals surface area contributed by atoms with Crippen LogP contribution in [-0.2, 0) is 5.41 Å². The smallest absolute Gasteiger partial charge is 0.0915 e. The Labute approximate surface area is 232 Å². The number of aromatic nitrogens is 4. The lowest BCUT2D eigenvalue weighted by Gasteiger charge is -2.21. The molecule has 0 spiro atoms. The molecular weight excluding hydrogens is 488 g/mol. The maximum atomic E-state index is 5.04. The van der Waals surface area contributed by atoms with E-state index >= 15 is 0 Å². The van der Waals surface area contributed by atoms with Gasteiger partial charge < -0.3 is 4.57 Å². The molecule has 1 aliphatic rings. The minimum Gasteiger partial charge on any atom is -0.309 e. The number of para-hydroxylation sites is 1. The van der Waals surface area contributed by atoms with Crippen molar-refractivity contribution in [1.82, 2.24) is 19.5 Å². The summed E-state index contributed by atoms with van der Waals surface area (Å²) in [5.41, 5.74) is 10.7. The van der Waals surface area contributed by atoms with Gasteiger partial charge in [-0.05, 0) is 64.4 Å². The van der Waals surface area contributed by atoms with Crippen molar-refractivity contribution in [2.45, 2.75) is 19.3 Å². The van der Waals surface area contributed by atoms with Crippen molar-refractivity contribution < 1.29 is 0 Å². The van der Waals surface area contributed by atoms with Crippen LogP contribution in [0.15, 0.2) is 122 Å². The van der Waals surface area contributed by atoms with Crippen LogP contribution in [0.25, 0.3) is 61.4 Å². The van der Waals surface area contributed by atoms with Gasteiger partial charge in [-0.3, -0.25) is 9.97 Å². The summed E-state index contributed by atoms with van der Waals surface area (Å²) in [5.74, 6) is 0. The van der Waals surface area contributed by atoms with Crippen LogP contribution in [-0.4, -0.2) is 19.5 Å². The highest BCUT2D eigenvalue weighted by atomic mass is 15.0. The Hall–Kier alpha value is -5.09. The van der Waals surface area contributed by atoms with Crippen LogP contribution in [0.1, 0.15) is 25.0 Å². The zero-order chi connectivity index (χ0) is 26.8. The number of hydrogen-bond acceptors (Lipinski definition) is 3. The molecule has 4 heteroatoms. The lowest BCUT2D eigenvalue weighted by atomic mass is 9.81. The van der Waals surface area contributed by atoms with Crippen LogP contribution in [0.5, 0.6) is 0 Å². The maximum Gasteiger partial charge on any atom is 0.0915 e.